The van der Waals surface area contributed by atoms with Crippen molar-refractivity contribution in [3.8, 4) is 0 Å². The number of urea groups is 1. The van der Waals surface area contributed by atoms with Crippen LogP contribution in [0.3, 0.4) is 0 Å². The lowest BCUT2D eigenvalue weighted by Gasteiger charge is -2.33. The van der Waals surface area contributed by atoms with E-state index in [1.54, 1.807) is 12.1 Å². The van der Waals surface area contributed by atoms with Gasteiger partial charge in [0.1, 0.15) is 6.04 Å². The molecule has 0 radical (unpaired) electrons. The molecule has 2 aromatic rings. The molecule has 2 heterocycles. The second kappa shape index (κ2) is 9.94. The van der Waals surface area contributed by atoms with Gasteiger partial charge in [-0.1, -0.05) is 48.5 Å². The number of hydrogen-bond donors (Lipinski definition) is 3. The highest BCUT2D eigenvalue weighted by Gasteiger charge is 2.39. The molecule has 0 aromatic heterocycles. The summed E-state index contributed by atoms with van der Waals surface area (Å²) in [5.74, 6) is -0.179. The number of para-hydroxylation sites is 1. The number of hydrogen-bond acceptors (Lipinski definition) is 4. The van der Waals surface area contributed by atoms with Crippen molar-refractivity contribution in [2.75, 3.05) is 25.0 Å². The highest BCUT2D eigenvalue weighted by molar-refractivity contribution is 5.94. The first-order valence-corrected chi connectivity index (χ1v) is 11.0. The van der Waals surface area contributed by atoms with Gasteiger partial charge in [0.15, 0.2) is 0 Å². The third kappa shape index (κ3) is 5.62. The van der Waals surface area contributed by atoms with Crippen molar-refractivity contribution in [2.24, 2.45) is 0 Å². The minimum atomic E-state index is -0.690. The molecule has 0 saturated carbocycles. The van der Waals surface area contributed by atoms with Crippen molar-refractivity contribution in [1.82, 2.24) is 15.1 Å². The van der Waals surface area contributed by atoms with E-state index in [2.05, 4.69) is 39.8 Å². The Morgan fingerprint density at radius 2 is 1.61 bits per heavy atom. The Balaban J connectivity index is 1.28. The van der Waals surface area contributed by atoms with Gasteiger partial charge in [0.2, 0.25) is 5.91 Å². The van der Waals surface area contributed by atoms with Gasteiger partial charge in [-0.3, -0.25) is 9.69 Å². The predicted octanol–water partition coefficient (Wildman–Crippen LogP) is 2.43. The Kier molecular flexibility index (Phi) is 6.84. The molecule has 0 unspecified atom stereocenters. The van der Waals surface area contributed by atoms with Crippen molar-refractivity contribution in [1.29, 1.82) is 0 Å². The average molecular weight is 423 g/mol. The van der Waals surface area contributed by atoms with Gasteiger partial charge >= 0.3 is 6.03 Å². The monoisotopic (exact) mass is 422 g/mol. The molecule has 0 bridgehead atoms. The lowest BCUT2D eigenvalue weighted by atomic mass is 10.0. The number of aliphatic hydroxyl groups excluding tert-OH is 1. The quantitative estimate of drug-likeness (QED) is 0.691. The average Bonchev–Trinajstić information content (AvgIpc) is 3.19. The van der Waals surface area contributed by atoms with Crippen LogP contribution in [0.15, 0.2) is 60.7 Å². The number of nitrogens with zero attached hydrogens (tertiary/aromatic N) is 2. The third-order valence-corrected chi connectivity index (χ3v) is 6.05. The van der Waals surface area contributed by atoms with E-state index in [-0.39, 0.29) is 30.9 Å². The van der Waals surface area contributed by atoms with Gasteiger partial charge in [-0.15, -0.1) is 0 Å². The van der Waals surface area contributed by atoms with Crippen LogP contribution in [0.1, 0.15) is 24.8 Å². The Morgan fingerprint density at radius 3 is 2.29 bits per heavy atom. The van der Waals surface area contributed by atoms with Gasteiger partial charge in [0.25, 0.3) is 0 Å². The number of likely N-dealkylation sites (tertiary alicyclic amines) is 2. The van der Waals surface area contributed by atoms with E-state index in [0.717, 1.165) is 32.5 Å². The maximum atomic E-state index is 12.9. The van der Waals surface area contributed by atoms with Gasteiger partial charge in [-0.05, 0) is 30.5 Å². The zero-order valence-corrected chi connectivity index (χ0v) is 17.6. The van der Waals surface area contributed by atoms with Crippen LogP contribution in [0.2, 0.25) is 0 Å². The summed E-state index contributed by atoms with van der Waals surface area (Å²) in [5.41, 5.74) is 1.96. The van der Waals surface area contributed by atoms with Crippen LogP contribution in [-0.2, 0) is 11.3 Å². The van der Waals surface area contributed by atoms with Crippen molar-refractivity contribution < 1.29 is 14.7 Å². The molecule has 7 nitrogen and oxygen atoms in total. The van der Waals surface area contributed by atoms with E-state index in [1.807, 2.05) is 24.3 Å². The molecule has 2 saturated heterocycles. The highest BCUT2D eigenvalue weighted by atomic mass is 16.3. The molecule has 31 heavy (non-hydrogen) atoms. The molecule has 4 rings (SSSR count). The lowest BCUT2D eigenvalue weighted by molar-refractivity contribution is -0.125. The van der Waals surface area contributed by atoms with Crippen molar-refractivity contribution >= 4 is 17.6 Å². The standard InChI is InChI=1S/C24H30N4O3/c29-21-15-22(28(17-21)24(31)26-19-9-5-2-6-10-19)23(30)25-20-11-13-27(14-12-20)16-18-7-3-1-4-8-18/h1-10,20-22,29H,11-17H2,(H,25,30)(H,26,31)/t21-,22+/m1/s1. The van der Waals surface area contributed by atoms with E-state index in [1.165, 1.54) is 10.5 Å². The van der Waals surface area contributed by atoms with Crippen LogP contribution in [0.5, 0.6) is 0 Å². The van der Waals surface area contributed by atoms with Crippen molar-refractivity contribution in [3.63, 3.8) is 0 Å². The first-order chi connectivity index (χ1) is 15.1. The molecule has 2 aliphatic heterocycles. The first kappa shape index (κ1) is 21.3. The molecule has 2 atom stereocenters. The number of β-amino-alcohol motifs (C(OH)–C–C–N with tert-alkyl or cyclic N) is 1. The van der Waals surface area contributed by atoms with Gasteiger partial charge in [0.05, 0.1) is 6.10 Å². The van der Waals surface area contributed by atoms with E-state index < -0.39 is 12.1 Å². The minimum absolute atomic E-state index is 0.0938. The van der Waals surface area contributed by atoms with Crippen molar-refractivity contribution in [3.05, 3.63) is 66.2 Å². The maximum absolute atomic E-state index is 12.9. The Bertz CT molecular complexity index is 869. The predicted molar refractivity (Wildman–Crippen MR) is 119 cm³/mol. The van der Waals surface area contributed by atoms with E-state index in [0.29, 0.717) is 5.69 Å². The van der Waals surface area contributed by atoms with Gasteiger partial charge < -0.3 is 20.6 Å². The molecular weight excluding hydrogens is 392 g/mol. The normalized spacial score (nSPS) is 22.3. The summed E-state index contributed by atoms with van der Waals surface area (Å²) < 4.78 is 0. The van der Waals surface area contributed by atoms with E-state index >= 15 is 0 Å². The van der Waals surface area contributed by atoms with Crippen LogP contribution in [0.4, 0.5) is 10.5 Å². The van der Waals surface area contributed by atoms with Gasteiger partial charge in [-0.2, -0.15) is 0 Å². The number of rotatable bonds is 5. The fourth-order valence-corrected chi connectivity index (χ4v) is 4.38. The largest absolute Gasteiger partial charge is 0.391 e. The minimum Gasteiger partial charge on any atom is -0.391 e. The van der Waals surface area contributed by atoms with E-state index in [9.17, 15) is 14.7 Å². The summed E-state index contributed by atoms with van der Waals surface area (Å²) >= 11 is 0. The number of piperidine rings is 1. The zero-order chi connectivity index (χ0) is 21.6. The van der Waals surface area contributed by atoms with Gasteiger partial charge in [0, 0.05) is 44.3 Å². The second-order valence-corrected chi connectivity index (χ2v) is 8.40. The first-order valence-electron chi connectivity index (χ1n) is 11.0. The molecule has 7 heteroatoms. The molecule has 2 aliphatic rings. The summed E-state index contributed by atoms with van der Waals surface area (Å²) in [6.07, 6.45) is 1.33. The van der Waals surface area contributed by atoms with Crippen LogP contribution in [-0.4, -0.2) is 64.7 Å². The number of amides is 3. The van der Waals surface area contributed by atoms with Crippen LogP contribution < -0.4 is 10.6 Å². The molecule has 3 N–H and O–H groups in total. The molecule has 164 valence electrons. The summed E-state index contributed by atoms with van der Waals surface area (Å²) in [5, 5.41) is 16.0. The topological polar surface area (TPSA) is 84.9 Å². The molecule has 2 aromatic carbocycles. The fourth-order valence-electron chi connectivity index (χ4n) is 4.38. The molecular formula is C24H30N4O3. The Morgan fingerprint density at radius 1 is 0.968 bits per heavy atom. The Hall–Kier alpha value is -2.90. The Labute approximate surface area is 183 Å². The summed E-state index contributed by atoms with van der Waals surface area (Å²) in [6.45, 7) is 2.92. The highest BCUT2D eigenvalue weighted by Crippen LogP contribution is 2.21. The van der Waals surface area contributed by atoms with Gasteiger partial charge in [-0.25, -0.2) is 4.79 Å². The number of aliphatic hydroxyl groups is 1. The number of benzene rings is 2. The van der Waals surface area contributed by atoms with Crippen molar-refractivity contribution in [2.45, 2.75) is 44.0 Å². The maximum Gasteiger partial charge on any atom is 0.322 e. The lowest BCUT2D eigenvalue weighted by Crippen LogP contribution is -2.52. The third-order valence-electron chi connectivity index (χ3n) is 6.05. The fraction of sp³-hybridized carbons (Fsp3) is 0.417. The molecule has 0 spiro atoms. The second-order valence-electron chi connectivity index (χ2n) is 8.40. The summed E-state index contributed by atoms with van der Waals surface area (Å²) in [6, 6.07) is 18.6. The summed E-state index contributed by atoms with van der Waals surface area (Å²) in [7, 11) is 0. The summed E-state index contributed by atoms with van der Waals surface area (Å²) in [4.78, 5) is 29.5. The number of carbonyl (C=O) groups excluding carboxylic acids is 2. The molecule has 3 amide bonds. The zero-order valence-electron chi connectivity index (χ0n) is 17.6. The van der Waals surface area contributed by atoms with Crippen LogP contribution >= 0.6 is 0 Å². The van der Waals surface area contributed by atoms with Crippen LogP contribution in [0.25, 0.3) is 0 Å². The SMILES string of the molecule is O=C(NC1CCN(Cc2ccccc2)CC1)[C@@H]1C[C@@H](O)CN1C(=O)Nc1ccccc1. The number of carbonyl (C=O) groups is 2. The van der Waals surface area contributed by atoms with Crippen LogP contribution in [0, 0.1) is 0 Å². The number of nitrogens with one attached hydrogen (secondary N) is 2. The van der Waals surface area contributed by atoms with E-state index in [4.69, 9.17) is 0 Å². The smallest absolute Gasteiger partial charge is 0.322 e. The molecule has 2 fully saturated rings. The molecule has 0 aliphatic carbocycles. The number of anilines is 1.